The van der Waals surface area contributed by atoms with E-state index in [1.165, 1.54) is 6.07 Å². The minimum absolute atomic E-state index is 0.188. The number of hydrogen-bond donors (Lipinski definition) is 1. The van der Waals surface area contributed by atoms with Crippen molar-refractivity contribution in [1.29, 1.82) is 0 Å². The van der Waals surface area contributed by atoms with E-state index < -0.39 is 0 Å². The molecule has 0 aromatic heterocycles. The molecular formula is C15H15ClFN. The third-order valence-corrected chi connectivity index (χ3v) is 3.13. The van der Waals surface area contributed by atoms with Crippen LogP contribution in [0.2, 0.25) is 5.02 Å². The summed E-state index contributed by atoms with van der Waals surface area (Å²) < 4.78 is 13.6. The molecule has 0 heterocycles. The number of hydrogen-bond acceptors (Lipinski definition) is 1. The van der Waals surface area contributed by atoms with E-state index in [2.05, 4.69) is 5.32 Å². The van der Waals surface area contributed by atoms with Crippen LogP contribution in [0.4, 0.5) is 4.39 Å². The van der Waals surface area contributed by atoms with Crippen molar-refractivity contribution in [1.82, 2.24) is 5.32 Å². The van der Waals surface area contributed by atoms with Crippen molar-refractivity contribution in [2.75, 3.05) is 6.54 Å². The zero-order chi connectivity index (χ0) is 13.0. The molecular weight excluding hydrogens is 249 g/mol. The molecule has 0 amide bonds. The monoisotopic (exact) mass is 263 g/mol. The first-order valence-corrected chi connectivity index (χ1v) is 6.34. The van der Waals surface area contributed by atoms with Gasteiger partial charge in [-0.3, -0.25) is 0 Å². The normalized spacial score (nSPS) is 10.6. The van der Waals surface area contributed by atoms with Gasteiger partial charge in [-0.1, -0.05) is 42.8 Å². The Hall–Kier alpha value is -1.38. The van der Waals surface area contributed by atoms with Crippen molar-refractivity contribution in [3.8, 4) is 11.1 Å². The second kappa shape index (κ2) is 5.98. The van der Waals surface area contributed by atoms with Crippen LogP contribution >= 0.6 is 11.6 Å². The van der Waals surface area contributed by atoms with Crippen LogP contribution in [-0.4, -0.2) is 6.54 Å². The summed E-state index contributed by atoms with van der Waals surface area (Å²) in [6.07, 6.45) is 0. The summed E-state index contributed by atoms with van der Waals surface area (Å²) in [6.45, 7) is 3.34. The fourth-order valence-corrected chi connectivity index (χ4v) is 2.08. The Labute approximate surface area is 112 Å². The molecule has 1 N–H and O–H groups in total. The highest BCUT2D eigenvalue weighted by Gasteiger charge is 2.07. The van der Waals surface area contributed by atoms with Crippen molar-refractivity contribution in [3.63, 3.8) is 0 Å². The number of nitrogens with one attached hydrogen (secondary N) is 1. The van der Waals surface area contributed by atoms with Gasteiger partial charge in [0, 0.05) is 22.7 Å². The maximum atomic E-state index is 13.6. The summed E-state index contributed by atoms with van der Waals surface area (Å²) in [6, 6.07) is 12.7. The summed E-state index contributed by atoms with van der Waals surface area (Å²) in [5.74, 6) is -0.188. The largest absolute Gasteiger partial charge is 0.313 e. The Bertz CT molecular complexity index is 540. The predicted molar refractivity (Wildman–Crippen MR) is 74.2 cm³/mol. The highest BCUT2D eigenvalue weighted by molar-refractivity contribution is 6.33. The lowest BCUT2D eigenvalue weighted by Gasteiger charge is -2.09. The van der Waals surface area contributed by atoms with Crippen LogP contribution in [-0.2, 0) is 6.54 Å². The smallest absolute Gasteiger partial charge is 0.127 e. The van der Waals surface area contributed by atoms with Gasteiger partial charge in [-0.2, -0.15) is 0 Å². The highest BCUT2D eigenvalue weighted by atomic mass is 35.5. The zero-order valence-electron chi connectivity index (χ0n) is 10.2. The van der Waals surface area contributed by atoms with Crippen LogP contribution < -0.4 is 5.32 Å². The van der Waals surface area contributed by atoms with Crippen LogP contribution in [0, 0.1) is 5.82 Å². The van der Waals surface area contributed by atoms with Crippen molar-refractivity contribution >= 4 is 11.6 Å². The van der Waals surface area contributed by atoms with E-state index in [1.54, 1.807) is 6.07 Å². The van der Waals surface area contributed by atoms with Crippen LogP contribution in [0.5, 0.6) is 0 Å². The Morgan fingerprint density at radius 2 is 1.94 bits per heavy atom. The van der Waals surface area contributed by atoms with E-state index in [0.29, 0.717) is 17.1 Å². The van der Waals surface area contributed by atoms with Crippen LogP contribution in [0.3, 0.4) is 0 Å². The molecule has 2 aromatic rings. The predicted octanol–water partition coefficient (Wildman–Crippen LogP) is 4.26. The van der Waals surface area contributed by atoms with E-state index in [4.69, 9.17) is 11.6 Å². The van der Waals surface area contributed by atoms with Crippen LogP contribution in [0.25, 0.3) is 11.1 Å². The molecule has 0 bridgehead atoms. The fourth-order valence-electron chi connectivity index (χ4n) is 1.83. The summed E-state index contributed by atoms with van der Waals surface area (Å²) in [5, 5.41) is 3.80. The molecule has 0 saturated carbocycles. The fraction of sp³-hybridized carbons (Fsp3) is 0.200. The zero-order valence-corrected chi connectivity index (χ0v) is 11.0. The minimum Gasteiger partial charge on any atom is -0.313 e. The number of benzene rings is 2. The lowest BCUT2D eigenvalue weighted by atomic mass is 10.0. The molecule has 0 aliphatic rings. The quantitative estimate of drug-likeness (QED) is 0.869. The highest BCUT2D eigenvalue weighted by Crippen LogP contribution is 2.28. The molecule has 2 rings (SSSR count). The van der Waals surface area contributed by atoms with Gasteiger partial charge in [0.05, 0.1) is 0 Å². The topological polar surface area (TPSA) is 12.0 Å². The second-order valence-electron chi connectivity index (χ2n) is 4.07. The Kier molecular flexibility index (Phi) is 4.34. The third kappa shape index (κ3) is 2.89. The molecule has 0 aliphatic carbocycles. The summed E-state index contributed by atoms with van der Waals surface area (Å²) in [7, 11) is 0. The molecule has 0 unspecified atom stereocenters. The maximum absolute atomic E-state index is 13.6. The van der Waals surface area contributed by atoms with Gasteiger partial charge in [0.1, 0.15) is 5.82 Å². The first-order valence-electron chi connectivity index (χ1n) is 5.96. The Morgan fingerprint density at radius 1 is 1.17 bits per heavy atom. The number of rotatable bonds is 4. The SMILES string of the molecule is CCNCc1cc(-c2ccccc2Cl)ccc1F. The van der Waals surface area contributed by atoms with Gasteiger partial charge in [-0.25, -0.2) is 4.39 Å². The molecule has 94 valence electrons. The second-order valence-corrected chi connectivity index (χ2v) is 4.47. The molecule has 0 fully saturated rings. The summed E-state index contributed by atoms with van der Waals surface area (Å²) in [5.41, 5.74) is 2.53. The van der Waals surface area contributed by atoms with Crippen molar-refractivity contribution in [2.24, 2.45) is 0 Å². The van der Waals surface area contributed by atoms with Gasteiger partial charge >= 0.3 is 0 Å². The van der Waals surface area contributed by atoms with Gasteiger partial charge in [0.25, 0.3) is 0 Å². The van der Waals surface area contributed by atoms with Gasteiger partial charge in [-0.05, 0) is 30.3 Å². The maximum Gasteiger partial charge on any atom is 0.127 e. The standard InChI is InChI=1S/C15H15ClFN/c1-2-18-10-12-9-11(7-8-15(12)17)13-5-3-4-6-14(13)16/h3-9,18H,2,10H2,1H3. The van der Waals surface area contributed by atoms with E-state index >= 15 is 0 Å². The minimum atomic E-state index is -0.188. The van der Waals surface area contributed by atoms with Crippen LogP contribution in [0.1, 0.15) is 12.5 Å². The molecule has 18 heavy (non-hydrogen) atoms. The lowest BCUT2D eigenvalue weighted by molar-refractivity contribution is 0.593. The Morgan fingerprint density at radius 3 is 2.67 bits per heavy atom. The summed E-state index contributed by atoms with van der Waals surface area (Å²) >= 11 is 6.15. The van der Waals surface area contributed by atoms with Gasteiger partial charge in [0.2, 0.25) is 0 Å². The van der Waals surface area contributed by atoms with Crippen LogP contribution in [0.15, 0.2) is 42.5 Å². The molecule has 0 aliphatic heterocycles. The lowest BCUT2D eigenvalue weighted by Crippen LogP contribution is -2.12. The van der Waals surface area contributed by atoms with Crippen molar-refractivity contribution in [2.45, 2.75) is 13.5 Å². The first-order chi connectivity index (χ1) is 8.72. The van der Waals surface area contributed by atoms with Crippen molar-refractivity contribution < 1.29 is 4.39 Å². The van der Waals surface area contributed by atoms with E-state index in [-0.39, 0.29) is 5.82 Å². The molecule has 0 atom stereocenters. The van der Waals surface area contributed by atoms with E-state index in [0.717, 1.165) is 17.7 Å². The molecule has 0 radical (unpaired) electrons. The molecule has 1 nitrogen and oxygen atoms in total. The summed E-state index contributed by atoms with van der Waals surface area (Å²) in [4.78, 5) is 0. The Balaban J connectivity index is 2.38. The van der Waals surface area contributed by atoms with Gasteiger partial charge in [-0.15, -0.1) is 0 Å². The van der Waals surface area contributed by atoms with Gasteiger partial charge in [0.15, 0.2) is 0 Å². The van der Waals surface area contributed by atoms with Crippen molar-refractivity contribution in [3.05, 3.63) is 58.9 Å². The molecule has 3 heteroatoms. The average Bonchev–Trinajstić information content (AvgIpc) is 2.39. The first kappa shape index (κ1) is 13.1. The molecule has 0 saturated heterocycles. The van der Waals surface area contributed by atoms with E-state index in [9.17, 15) is 4.39 Å². The van der Waals surface area contributed by atoms with Gasteiger partial charge < -0.3 is 5.32 Å². The average molecular weight is 264 g/mol. The third-order valence-electron chi connectivity index (χ3n) is 2.80. The molecule has 2 aromatic carbocycles. The molecule has 0 spiro atoms. The van der Waals surface area contributed by atoms with E-state index in [1.807, 2.05) is 37.3 Å². The number of halogens is 2.